The van der Waals surface area contributed by atoms with E-state index < -0.39 is 0 Å². The first-order valence-electron chi connectivity index (χ1n) is 6.05. The van der Waals surface area contributed by atoms with Gasteiger partial charge in [-0.15, -0.1) is 10.2 Å². The molecular formula is C13H16ClN3O. The summed E-state index contributed by atoms with van der Waals surface area (Å²) in [5, 5.41) is 22.9. The maximum Gasteiger partial charge on any atom is 0.159 e. The molecule has 0 spiro atoms. The lowest BCUT2D eigenvalue weighted by Crippen LogP contribution is -2.19. The predicted molar refractivity (Wildman–Crippen MR) is 74.0 cm³/mol. The van der Waals surface area contributed by atoms with Gasteiger partial charge in [-0.2, -0.15) is 0 Å². The summed E-state index contributed by atoms with van der Waals surface area (Å²) in [7, 11) is 0. The van der Waals surface area contributed by atoms with Crippen molar-refractivity contribution < 1.29 is 5.11 Å². The van der Waals surface area contributed by atoms with Crippen molar-refractivity contribution in [2.24, 2.45) is 0 Å². The Hall–Kier alpha value is -1.39. The van der Waals surface area contributed by atoms with Crippen molar-refractivity contribution in [3.05, 3.63) is 29.4 Å². The second kappa shape index (κ2) is 5.98. The number of rotatable bonds is 5. The second-order valence-electron chi connectivity index (χ2n) is 4.21. The number of anilines is 1. The van der Waals surface area contributed by atoms with Crippen molar-refractivity contribution in [3.8, 4) is 0 Å². The third kappa shape index (κ3) is 2.89. The number of aliphatic hydroxyl groups is 1. The number of hydrogen-bond donors (Lipinski definition) is 2. The number of nitrogens with zero attached hydrogens (tertiary/aromatic N) is 2. The standard InChI is InChI=1S/C13H16ClN3O/c1-2-5-9(18)8-15-13-11-7-4-3-6-10(11)12(14)16-17-13/h3-4,6-7,9,18H,2,5,8H2,1H3,(H,15,17). The first-order valence-corrected chi connectivity index (χ1v) is 6.43. The Morgan fingerprint density at radius 1 is 1.28 bits per heavy atom. The van der Waals surface area contributed by atoms with Gasteiger partial charge in [-0.25, -0.2) is 0 Å². The van der Waals surface area contributed by atoms with Gasteiger partial charge in [-0.05, 0) is 6.42 Å². The molecule has 0 saturated heterocycles. The van der Waals surface area contributed by atoms with Gasteiger partial charge in [-0.3, -0.25) is 0 Å². The fraction of sp³-hybridized carbons (Fsp3) is 0.385. The molecule has 1 aromatic heterocycles. The van der Waals surface area contributed by atoms with E-state index in [4.69, 9.17) is 11.6 Å². The number of aromatic nitrogens is 2. The molecule has 0 saturated carbocycles. The lowest BCUT2D eigenvalue weighted by atomic mass is 10.2. The van der Waals surface area contributed by atoms with E-state index in [1.807, 2.05) is 31.2 Å². The molecule has 2 rings (SSSR count). The average Bonchev–Trinajstić information content (AvgIpc) is 2.39. The van der Waals surface area contributed by atoms with Crippen LogP contribution in [0.3, 0.4) is 0 Å². The normalized spacial score (nSPS) is 12.6. The number of halogens is 1. The molecule has 1 unspecified atom stereocenters. The van der Waals surface area contributed by atoms with E-state index in [2.05, 4.69) is 15.5 Å². The van der Waals surface area contributed by atoms with Gasteiger partial charge in [0.15, 0.2) is 11.0 Å². The number of hydrogen-bond acceptors (Lipinski definition) is 4. The number of nitrogens with one attached hydrogen (secondary N) is 1. The Morgan fingerprint density at radius 3 is 2.72 bits per heavy atom. The van der Waals surface area contributed by atoms with E-state index in [1.165, 1.54) is 0 Å². The first-order chi connectivity index (χ1) is 8.72. The van der Waals surface area contributed by atoms with Crippen LogP contribution in [-0.4, -0.2) is 28.0 Å². The second-order valence-corrected chi connectivity index (χ2v) is 4.57. The van der Waals surface area contributed by atoms with Crippen LogP contribution in [0.15, 0.2) is 24.3 Å². The van der Waals surface area contributed by atoms with Crippen LogP contribution in [0.5, 0.6) is 0 Å². The summed E-state index contributed by atoms with van der Waals surface area (Å²) in [4.78, 5) is 0. The molecule has 0 amide bonds. The fourth-order valence-corrected chi connectivity index (χ4v) is 2.05. The van der Waals surface area contributed by atoms with Crippen LogP contribution < -0.4 is 5.32 Å². The summed E-state index contributed by atoms with van der Waals surface area (Å²) in [5.41, 5.74) is 0. The van der Waals surface area contributed by atoms with E-state index in [0.717, 1.165) is 23.6 Å². The van der Waals surface area contributed by atoms with Crippen LogP contribution in [0.2, 0.25) is 5.15 Å². The molecule has 96 valence electrons. The summed E-state index contributed by atoms with van der Waals surface area (Å²) in [6.07, 6.45) is 1.35. The van der Waals surface area contributed by atoms with Gasteiger partial charge in [0.05, 0.1) is 6.10 Å². The van der Waals surface area contributed by atoms with Crippen molar-refractivity contribution in [2.45, 2.75) is 25.9 Å². The Kier molecular flexibility index (Phi) is 4.33. The van der Waals surface area contributed by atoms with Crippen molar-refractivity contribution in [1.82, 2.24) is 10.2 Å². The SMILES string of the molecule is CCCC(O)CNc1nnc(Cl)c2ccccc12. The maximum absolute atomic E-state index is 9.70. The Balaban J connectivity index is 2.21. The third-order valence-corrected chi connectivity index (χ3v) is 3.05. The van der Waals surface area contributed by atoms with Crippen molar-refractivity contribution in [3.63, 3.8) is 0 Å². The molecule has 0 radical (unpaired) electrons. The minimum atomic E-state index is -0.369. The molecule has 0 aliphatic carbocycles. The lowest BCUT2D eigenvalue weighted by Gasteiger charge is -2.12. The number of benzene rings is 1. The van der Waals surface area contributed by atoms with Gasteiger partial charge in [0.2, 0.25) is 0 Å². The van der Waals surface area contributed by atoms with Gasteiger partial charge in [0.25, 0.3) is 0 Å². The van der Waals surface area contributed by atoms with Crippen molar-refractivity contribution in [2.75, 3.05) is 11.9 Å². The minimum absolute atomic E-state index is 0.369. The van der Waals surface area contributed by atoms with E-state index in [0.29, 0.717) is 17.5 Å². The van der Waals surface area contributed by atoms with Crippen LogP contribution in [0.25, 0.3) is 10.8 Å². The Bertz CT molecular complexity index is 533. The highest BCUT2D eigenvalue weighted by Crippen LogP contribution is 2.25. The van der Waals surface area contributed by atoms with E-state index in [9.17, 15) is 5.11 Å². The van der Waals surface area contributed by atoms with Gasteiger partial charge >= 0.3 is 0 Å². The molecule has 1 aromatic carbocycles. The Morgan fingerprint density at radius 2 is 2.00 bits per heavy atom. The molecule has 5 heteroatoms. The highest BCUT2D eigenvalue weighted by molar-refractivity contribution is 6.34. The zero-order valence-electron chi connectivity index (χ0n) is 10.2. The molecule has 2 aromatic rings. The summed E-state index contributed by atoms with van der Waals surface area (Å²) < 4.78 is 0. The highest BCUT2D eigenvalue weighted by atomic mass is 35.5. The molecule has 2 N–H and O–H groups in total. The molecular weight excluding hydrogens is 250 g/mol. The highest BCUT2D eigenvalue weighted by Gasteiger charge is 2.08. The summed E-state index contributed by atoms with van der Waals surface area (Å²) in [5.74, 6) is 0.658. The molecule has 0 bridgehead atoms. The molecule has 18 heavy (non-hydrogen) atoms. The van der Waals surface area contributed by atoms with Crippen LogP contribution in [-0.2, 0) is 0 Å². The largest absolute Gasteiger partial charge is 0.391 e. The van der Waals surface area contributed by atoms with Crippen LogP contribution in [0.4, 0.5) is 5.82 Å². The van der Waals surface area contributed by atoms with Crippen molar-refractivity contribution in [1.29, 1.82) is 0 Å². The summed E-state index contributed by atoms with van der Waals surface area (Å²) in [6, 6.07) is 7.67. The smallest absolute Gasteiger partial charge is 0.159 e. The first kappa shape index (κ1) is 13.1. The monoisotopic (exact) mass is 265 g/mol. The van der Waals surface area contributed by atoms with E-state index in [-0.39, 0.29) is 6.10 Å². The number of aliphatic hydroxyl groups excluding tert-OH is 1. The molecule has 0 aliphatic rings. The van der Waals surface area contributed by atoms with E-state index >= 15 is 0 Å². The lowest BCUT2D eigenvalue weighted by molar-refractivity contribution is 0.176. The summed E-state index contributed by atoms with van der Waals surface area (Å²) in [6.45, 7) is 2.51. The topological polar surface area (TPSA) is 58.0 Å². The number of fused-ring (bicyclic) bond motifs is 1. The van der Waals surface area contributed by atoms with Gasteiger partial charge in [-0.1, -0.05) is 49.2 Å². The molecule has 0 aliphatic heterocycles. The maximum atomic E-state index is 9.70. The van der Waals surface area contributed by atoms with Gasteiger partial charge in [0.1, 0.15) is 0 Å². The third-order valence-electron chi connectivity index (χ3n) is 2.77. The molecule has 0 fully saturated rings. The zero-order valence-corrected chi connectivity index (χ0v) is 11.0. The van der Waals surface area contributed by atoms with Crippen molar-refractivity contribution >= 4 is 28.2 Å². The minimum Gasteiger partial charge on any atom is -0.391 e. The van der Waals surface area contributed by atoms with Gasteiger partial charge < -0.3 is 10.4 Å². The van der Waals surface area contributed by atoms with Crippen LogP contribution >= 0.6 is 11.6 Å². The molecule has 4 nitrogen and oxygen atoms in total. The fourth-order valence-electron chi connectivity index (χ4n) is 1.85. The predicted octanol–water partition coefficient (Wildman–Crippen LogP) is 2.86. The van der Waals surface area contributed by atoms with Crippen LogP contribution in [0, 0.1) is 0 Å². The van der Waals surface area contributed by atoms with Gasteiger partial charge in [0, 0.05) is 17.3 Å². The quantitative estimate of drug-likeness (QED) is 0.873. The average molecular weight is 266 g/mol. The zero-order chi connectivity index (χ0) is 13.0. The molecule has 1 heterocycles. The van der Waals surface area contributed by atoms with E-state index in [1.54, 1.807) is 0 Å². The van der Waals surface area contributed by atoms with Crippen LogP contribution in [0.1, 0.15) is 19.8 Å². The Labute approximate surface area is 111 Å². The molecule has 1 atom stereocenters. The summed E-state index contributed by atoms with van der Waals surface area (Å²) >= 11 is 5.99.